The van der Waals surface area contributed by atoms with Gasteiger partial charge in [-0.25, -0.2) is 4.98 Å². The van der Waals surface area contributed by atoms with Crippen molar-refractivity contribution in [3.63, 3.8) is 0 Å². The Morgan fingerprint density at radius 1 is 0.629 bits per heavy atom. The molecule has 0 fully saturated rings. The van der Waals surface area contributed by atoms with Crippen LogP contribution in [0.5, 0.6) is 0 Å². The van der Waals surface area contributed by atoms with Crippen LogP contribution < -0.4 is 0 Å². The van der Waals surface area contributed by atoms with Crippen LogP contribution in [0, 0.1) is 0 Å². The molecular weight excluding hydrogens is 428 g/mol. The lowest BCUT2D eigenvalue weighted by atomic mass is 9.96. The van der Waals surface area contributed by atoms with Crippen molar-refractivity contribution in [2.75, 3.05) is 0 Å². The van der Waals surface area contributed by atoms with Crippen molar-refractivity contribution in [2.45, 2.75) is 12.8 Å². The Hall–Kier alpha value is -4.57. The molecule has 7 aromatic rings. The average Bonchev–Trinajstić information content (AvgIpc) is 3.57. The normalized spacial score (nSPS) is 13.5. The number of aromatic nitrogens is 4. The summed E-state index contributed by atoms with van der Waals surface area (Å²) in [5.74, 6) is 0. The predicted molar refractivity (Wildman–Crippen MR) is 140 cm³/mol. The number of fused-ring (bicyclic) bond motifs is 14. The summed E-state index contributed by atoms with van der Waals surface area (Å²) in [6.45, 7) is 0. The van der Waals surface area contributed by atoms with Crippen molar-refractivity contribution >= 4 is 38.5 Å². The first kappa shape index (κ1) is 17.8. The molecule has 0 unspecified atom stereocenters. The van der Waals surface area contributed by atoms with Gasteiger partial charge in [-0.3, -0.25) is 14.4 Å². The third-order valence-electron chi connectivity index (χ3n) is 7.91. The zero-order valence-corrected chi connectivity index (χ0v) is 18.8. The number of imidazole rings is 1. The van der Waals surface area contributed by atoms with Gasteiger partial charge in [-0.15, -0.1) is 0 Å². The van der Waals surface area contributed by atoms with Gasteiger partial charge in [-0.2, -0.15) is 0 Å². The lowest BCUT2D eigenvalue weighted by Crippen LogP contribution is -1.94. The number of hydrogen-bond donors (Lipinski definition) is 0. The molecule has 3 aromatic carbocycles. The second-order valence-electron chi connectivity index (χ2n) is 9.74. The SMILES string of the molecule is c1ccc2c(c1)Cc1cc3c(cc1-2)-c1cc2c(cc1C3)c1ncccc1n1c3cnccc3nc21. The highest BCUT2D eigenvalue weighted by Gasteiger charge is 2.26. The van der Waals surface area contributed by atoms with Crippen LogP contribution in [0.15, 0.2) is 85.3 Å². The number of pyridine rings is 3. The van der Waals surface area contributed by atoms with Crippen molar-refractivity contribution in [1.29, 1.82) is 0 Å². The first-order valence-electron chi connectivity index (χ1n) is 12.0. The Bertz CT molecular complexity index is 2070. The standard InChI is InChI=1S/C31H18N4/c1-2-5-21-17(4-1)10-18-11-19-12-20-13-25-26(15-24(20)23(19)14-22(18)21)31-34-27-7-9-32-16-29(27)35(31)28-6-3-8-33-30(25)28/h1-9,11,13-16H,10,12H2. The van der Waals surface area contributed by atoms with Crippen LogP contribution >= 0.6 is 0 Å². The van der Waals surface area contributed by atoms with Crippen LogP contribution in [0.25, 0.3) is 60.7 Å². The largest absolute Gasteiger partial charge is 0.289 e. The lowest BCUT2D eigenvalue weighted by Gasteiger charge is -2.11. The predicted octanol–water partition coefficient (Wildman–Crippen LogP) is 6.73. The van der Waals surface area contributed by atoms with Crippen LogP contribution in [0.2, 0.25) is 0 Å². The van der Waals surface area contributed by atoms with E-state index in [9.17, 15) is 0 Å². The van der Waals surface area contributed by atoms with Crippen LogP contribution in [0.1, 0.15) is 22.3 Å². The molecule has 0 radical (unpaired) electrons. The number of benzene rings is 3. The Morgan fingerprint density at radius 2 is 1.46 bits per heavy atom. The minimum absolute atomic E-state index is 0.952. The van der Waals surface area contributed by atoms with E-state index in [1.807, 2.05) is 30.7 Å². The highest BCUT2D eigenvalue weighted by Crippen LogP contribution is 2.46. The summed E-state index contributed by atoms with van der Waals surface area (Å²) in [6, 6.07) is 24.5. The molecule has 0 bridgehead atoms. The summed E-state index contributed by atoms with van der Waals surface area (Å²) in [7, 11) is 0. The zero-order chi connectivity index (χ0) is 22.7. The van der Waals surface area contributed by atoms with E-state index in [0.717, 1.165) is 45.9 Å². The van der Waals surface area contributed by atoms with Crippen LogP contribution in [-0.4, -0.2) is 19.4 Å². The van der Waals surface area contributed by atoms with Gasteiger partial charge in [0.1, 0.15) is 5.65 Å². The third kappa shape index (κ3) is 2.20. The molecule has 0 saturated carbocycles. The van der Waals surface area contributed by atoms with E-state index in [4.69, 9.17) is 9.97 Å². The number of hydrogen-bond acceptors (Lipinski definition) is 3. The van der Waals surface area contributed by atoms with Crippen LogP contribution in [-0.2, 0) is 12.8 Å². The topological polar surface area (TPSA) is 43.1 Å². The van der Waals surface area contributed by atoms with Crippen molar-refractivity contribution in [2.24, 2.45) is 0 Å². The van der Waals surface area contributed by atoms with E-state index >= 15 is 0 Å². The quantitative estimate of drug-likeness (QED) is 0.243. The summed E-state index contributed by atoms with van der Waals surface area (Å²) in [5, 5.41) is 2.31. The van der Waals surface area contributed by atoms with Crippen molar-refractivity contribution < 1.29 is 0 Å². The van der Waals surface area contributed by atoms with E-state index in [-0.39, 0.29) is 0 Å². The maximum absolute atomic E-state index is 5.06. The van der Waals surface area contributed by atoms with Gasteiger partial charge in [0.05, 0.1) is 28.3 Å². The van der Waals surface area contributed by atoms with E-state index in [0.29, 0.717) is 0 Å². The molecule has 2 aliphatic rings. The molecule has 2 aliphatic carbocycles. The average molecular weight is 447 g/mol. The Labute approximate surface area is 200 Å². The number of rotatable bonds is 0. The van der Waals surface area contributed by atoms with Gasteiger partial charge >= 0.3 is 0 Å². The third-order valence-corrected chi connectivity index (χ3v) is 7.91. The Kier molecular flexibility index (Phi) is 3.11. The monoisotopic (exact) mass is 446 g/mol. The molecule has 4 heterocycles. The smallest absolute Gasteiger partial charge is 0.146 e. The Balaban J connectivity index is 1.40. The van der Waals surface area contributed by atoms with Gasteiger partial charge in [0, 0.05) is 23.2 Å². The second kappa shape index (κ2) is 6.10. The fraction of sp³-hybridized carbons (Fsp3) is 0.0645. The molecule has 0 amide bonds. The zero-order valence-electron chi connectivity index (χ0n) is 18.8. The molecule has 9 rings (SSSR count). The maximum atomic E-state index is 5.06. The lowest BCUT2D eigenvalue weighted by molar-refractivity contribution is 1.21. The fourth-order valence-electron chi connectivity index (χ4n) is 6.39. The molecule has 0 spiro atoms. The van der Waals surface area contributed by atoms with E-state index in [1.54, 1.807) is 0 Å². The highest BCUT2D eigenvalue weighted by atomic mass is 15.0. The molecular formula is C31H18N4. The molecule has 0 saturated heterocycles. The molecule has 4 aromatic heterocycles. The summed E-state index contributed by atoms with van der Waals surface area (Å²) >= 11 is 0. The molecule has 0 N–H and O–H groups in total. The molecule has 4 nitrogen and oxygen atoms in total. The molecule has 0 aliphatic heterocycles. The second-order valence-corrected chi connectivity index (χ2v) is 9.74. The first-order valence-corrected chi connectivity index (χ1v) is 12.0. The van der Waals surface area contributed by atoms with Gasteiger partial charge in [0.15, 0.2) is 0 Å². The van der Waals surface area contributed by atoms with Gasteiger partial charge in [0.2, 0.25) is 0 Å². The first-order chi connectivity index (χ1) is 17.3. The minimum atomic E-state index is 0.952. The van der Waals surface area contributed by atoms with Gasteiger partial charge in [-0.1, -0.05) is 30.3 Å². The maximum Gasteiger partial charge on any atom is 0.146 e. The highest BCUT2D eigenvalue weighted by molar-refractivity contribution is 6.14. The Morgan fingerprint density at radius 3 is 2.43 bits per heavy atom. The van der Waals surface area contributed by atoms with Crippen LogP contribution in [0.4, 0.5) is 0 Å². The van der Waals surface area contributed by atoms with Gasteiger partial charge in [0.25, 0.3) is 0 Å². The van der Waals surface area contributed by atoms with E-state index in [2.05, 4.69) is 64.0 Å². The van der Waals surface area contributed by atoms with Crippen molar-refractivity contribution in [3.8, 4) is 22.3 Å². The van der Waals surface area contributed by atoms with Crippen molar-refractivity contribution in [1.82, 2.24) is 19.4 Å². The molecule has 162 valence electrons. The minimum Gasteiger partial charge on any atom is -0.289 e. The van der Waals surface area contributed by atoms with Crippen molar-refractivity contribution in [3.05, 3.63) is 108 Å². The van der Waals surface area contributed by atoms with E-state index < -0.39 is 0 Å². The van der Waals surface area contributed by atoms with Crippen LogP contribution in [0.3, 0.4) is 0 Å². The molecule has 35 heavy (non-hydrogen) atoms. The number of nitrogens with zero attached hydrogens (tertiary/aromatic N) is 4. The molecule has 4 heteroatoms. The van der Waals surface area contributed by atoms with Gasteiger partial charge in [-0.05, 0) is 93.7 Å². The van der Waals surface area contributed by atoms with Gasteiger partial charge < -0.3 is 0 Å². The summed E-state index contributed by atoms with van der Waals surface area (Å²) in [6.07, 6.45) is 7.58. The fourth-order valence-corrected chi connectivity index (χ4v) is 6.39. The summed E-state index contributed by atoms with van der Waals surface area (Å²) in [5.41, 5.74) is 16.1. The molecule has 0 atom stereocenters. The van der Waals surface area contributed by atoms with E-state index in [1.165, 1.54) is 49.9 Å². The summed E-state index contributed by atoms with van der Waals surface area (Å²) < 4.78 is 2.22. The summed E-state index contributed by atoms with van der Waals surface area (Å²) in [4.78, 5) is 14.3.